The topological polar surface area (TPSA) is 3.24 Å². The molecule has 0 aliphatic carbocycles. The minimum atomic E-state index is 0.678. The van der Waals surface area contributed by atoms with Crippen LogP contribution >= 0.6 is 0 Å². The lowest BCUT2D eigenvalue weighted by Gasteiger charge is -2.31. The summed E-state index contributed by atoms with van der Waals surface area (Å²) < 4.78 is 0. The fourth-order valence-corrected chi connectivity index (χ4v) is 1.44. The Morgan fingerprint density at radius 2 is 1.08 bits per heavy atom. The lowest BCUT2D eigenvalue weighted by Crippen LogP contribution is -2.39. The second-order valence-electron chi connectivity index (χ2n) is 4.28. The van der Waals surface area contributed by atoms with E-state index in [1.807, 2.05) is 13.8 Å². The molecule has 0 bridgehead atoms. The maximum Gasteiger partial charge on any atom is 0.00414 e. The molecule has 0 heterocycles. The molecule has 0 spiro atoms. The molecule has 82 valence electrons. The summed E-state index contributed by atoms with van der Waals surface area (Å²) in [7, 11) is 0. The first-order valence-electron chi connectivity index (χ1n) is 5.70. The monoisotopic (exact) mass is 187 g/mol. The molecule has 0 aliphatic rings. The highest BCUT2D eigenvalue weighted by Crippen LogP contribution is 2.08. The van der Waals surface area contributed by atoms with Crippen molar-refractivity contribution in [2.45, 2.75) is 67.5 Å². The Bertz CT molecular complexity index is 87.3. The van der Waals surface area contributed by atoms with E-state index in [-0.39, 0.29) is 0 Å². The van der Waals surface area contributed by atoms with Crippen LogP contribution in [-0.2, 0) is 0 Å². The molecular weight excluding hydrogens is 158 g/mol. The van der Waals surface area contributed by atoms with Crippen LogP contribution in [0.15, 0.2) is 0 Å². The zero-order valence-corrected chi connectivity index (χ0v) is 10.9. The molecule has 0 saturated carbocycles. The van der Waals surface area contributed by atoms with E-state index in [2.05, 4.69) is 46.4 Å². The smallest absolute Gasteiger partial charge is 0.00414 e. The van der Waals surface area contributed by atoms with Crippen molar-refractivity contribution in [1.29, 1.82) is 0 Å². The summed E-state index contributed by atoms with van der Waals surface area (Å²) in [6.07, 6.45) is 0. The highest BCUT2D eigenvalue weighted by atomic mass is 15.2. The Kier molecular flexibility index (Phi) is 10.2. The van der Waals surface area contributed by atoms with Gasteiger partial charge in [0.2, 0.25) is 0 Å². The van der Waals surface area contributed by atoms with Gasteiger partial charge in [-0.15, -0.1) is 0 Å². The predicted octanol–water partition coefficient (Wildman–Crippen LogP) is 3.79. The molecule has 0 radical (unpaired) electrons. The summed E-state index contributed by atoms with van der Waals surface area (Å²) in [6, 6.07) is 1.36. The molecule has 1 heteroatoms. The lowest BCUT2D eigenvalue weighted by molar-refractivity contribution is 0.155. The summed E-state index contributed by atoms with van der Waals surface area (Å²) in [4.78, 5) is 2.53. The van der Waals surface area contributed by atoms with Crippen molar-refractivity contribution in [3.8, 4) is 0 Å². The first-order chi connectivity index (χ1) is 5.95. The summed E-state index contributed by atoms with van der Waals surface area (Å²) >= 11 is 0. The fraction of sp³-hybridized carbons (Fsp3) is 1.00. The Morgan fingerprint density at radius 3 is 1.15 bits per heavy atom. The Hall–Kier alpha value is -0.0400. The van der Waals surface area contributed by atoms with Crippen molar-refractivity contribution in [3.05, 3.63) is 0 Å². The highest BCUT2D eigenvalue weighted by Gasteiger charge is 2.13. The Morgan fingerprint density at radius 1 is 0.769 bits per heavy atom. The minimum absolute atomic E-state index is 0.678. The van der Waals surface area contributed by atoms with Gasteiger partial charge in [0.15, 0.2) is 0 Å². The molecule has 0 aromatic heterocycles. The van der Waals surface area contributed by atoms with E-state index in [0.29, 0.717) is 12.1 Å². The first kappa shape index (κ1) is 15.4. The second-order valence-corrected chi connectivity index (χ2v) is 4.28. The van der Waals surface area contributed by atoms with Gasteiger partial charge in [-0.25, -0.2) is 0 Å². The van der Waals surface area contributed by atoms with Crippen molar-refractivity contribution < 1.29 is 0 Å². The minimum Gasteiger partial charge on any atom is -0.298 e. The third kappa shape index (κ3) is 8.29. The van der Waals surface area contributed by atoms with Crippen LogP contribution in [0.4, 0.5) is 0 Å². The van der Waals surface area contributed by atoms with Gasteiger partial charge in [-0.05, 0) is 33.6 Å². The summed E-state index contributed by atoms with van der Waals surface area (Å²) in [5.41, 5.74) is 0. The number of hydrogen-bond acceptors (Lipinski definition) is 1. The summed E-state index contributed by atoms with van der Waals surface area (Å²) in [6.45, 7) is 18.8. The predicted molar refractivity (Wildman–Crippen MR) is 63.2 cm³/mol. The molecular formula is C12H29N. The molecule has 1 nitrogen and oxygen atoms in total. The zero-order chi connectivity index (χ0) is 11.0. The van der Waals surface area contributed by atoms with Gasteiger partial charge in [0.1, 0.15) is 0 Å². The van der Waals surface area contributed by atoms with Crippen LogP contribution < -0.4 is 0 Å². The van der Waals surface area contributed by atoms with Gasteiger partial charge in [0.25, 0.3) is 0 Å². The van der Waals surface area contributed by atoms with Crippen molar-refractivity contribution in [1.82, 2.24) is 4.90 Å². The van der Waals surface area contributed by atoms with Crippen molar-refractivity contribution in [2.24, 2.45) is 5.92 Å². The summed E-state index contributed by atoms with van der Waals surface area (Å²) in [5.74, 6) is 0.778. The molecule has 0 N–H and O–H groups in total. The summed E-state index contributed by atoms with van der Waals surface area (Å²) in [5, 5.41) is 0. The quantitative estimate of drug-likeness (QED) is 0.647. The van der Waals surface area contributed by atoms with E-state index in [0.717, 1.165) is 5.92 Å². The van der Waals surface area contributed by atoms with E-state index in [4.69, 9.17) is 0 Å². The van der Waals surface area contributed by atoms with Crippen molar-refractivity contribution in [3.63, 3.8) is 0 Å². The standard InChI is InChI=1S/C10H23N.C2H6/c1-8(2)7-11(9(3)4)10(5)6;1-2/h8-10H,7H2,1-6H3;1-2H3. The number of hydrogen-bond donors (Lipinski definition) is 0. The maximum atomic E-state index is 2.53. The SMILES string of the molecule is CC.CC(C)CN(C(C)C)C(C)C. The molecule has 0 aromatic carbocycles. The van der Waals surface area contributed by atoms with Gasteiger partial charge in [0, 0.05) is 18.6 Å². The molecule has 0 aliphatic heterocycles. The van der Waals surface area contributed by atoms with Gasteiger partial charge >= 0.3 is 0 Å². The van der Waals surface area contributed by atoms with Gasteiger partial charge in [-0.1, -0.05) is 27.7 Å². The highest BCUT2D eigenvalue weighted by molar-refractivity contribution is 4.68. The molecule has 0 rings (SSSR count). The van der Waals surface area contributed by atoms with Crippen molar-refractivity contribution in [2.75, 3.05) is 6.54 Å². The second kappa shape index (κ2) is 8.55. The number of rotatable bonds is 4. The Balaban J connectivity index is 0. The first-order valence-corrected chi connectivity index (χ1v) is 5.70. The van der Waals surface area contributed by atoms with E-state index in [1.165, 1.54) is 6.54 Å². The molecule has 0 fully saturated rings. The van der Waals surface area contributed by atoms with E-state index in [1.54, 1.807) is 0 Å². The third-order valence-electron chi connectivity index (χ3n) is 1.90. The maximum absolute atomic E-state index is 2.53. The Labute approximate surface area is 85.5 Å². The van der Waals surface area contributed by atoms with E-state index in [9.17, 15) is 0 Å². The molecule has 0 unspecified atom stereocenters. The van der Waals surface area contributed by atoms with E-state index < -0.39 is 0 Å². The third-order valence-corrected chi connectivity index (χ3v) is 1.90. The van der Waals surface area contributed by atoms with Gasteiger partial charge in [0.05, 0.1) is 0 Å². The van der Waals surface area contributed by atoms with E-state index >= 15 is 0 Å². The molecule has 0 amide bonds. The van der Waals surface area contributed by atoms with Crippen LogP contribution in [-0.4, -0.2) is 23.5 Å². The zero-order valence-electron chi connectivity index (χ0n) is 10.9. The normalized spacial score (nSPS) is 11.1. The lowest BCUT2D eigenvalue weighted by atomic mass is 10.1. The van der Waals surface area contributed by atoms with Crippen LogP contribution in [0.2, 0.25) is 0 Å². The fourth-order valence-electron chi connectivity index (χ4n) is 1.44. The van der Waals surface area contributed by atoms with Gasteiger partial charge in [-0.3, -0.25) is 4.90 Å². The molecule has 0 atom stereocenters. The van der Waals surface area contributed by atoms with Crippen LogP contribution in [0.3, 0.4) is 0 Å². The van der Waals surface area contributed by atoms with Crippen LogP contribution in [0, 0.1) is 5.92 Å². The van der Waals surface area contributed by atoms with Crippen LogP contribution in [0.5, 0.6) is 0 Å². The molecule has 13 heavy (non-hydrogen) atoms. The average Bonchev–Trinajstić information content (AvgIpc) is 2.03. The van der Waals surface area contributed by atoms with Crippen LogP contribution in [0.1, 0.15) is 55.4 Å². The van der Waals surface area contributed by atoms with Gasteiger partial charge < -0.3 is 0 Å². The average molecular weight is 187 g/mol. The van der Waals surface area contributed by atoms with Gasteiger partial charge in [-0.2, -0.15) is 0 Å². The molecule has 0 aromatic rings. The largest absolute Gasteiger partial charge is 0.298 e. The number of nitrogens with zero attached hydrogens (tertiary/aromatic N) is 1. The van der Waals surface area contributed by atoms with Crippen molar-refractivity contribution >= 4 is 0 Å². The van der Waals surface area contributed by atoms with Crippen LogP contribution in [0.25, 0.3) is 0 Å². The molecule has 0 saturated heterocycles.